The largest absolute Gasteiger partial charge is 0.495 e. The SMILES string of the molecule is COc1c(C(N)=O)c(C(CCC(=O)OC(C)(C)C)C(=O)N2CCN(c3ccccn3)CC2)nc2ccccc12. The highest BCUT2D eigenvalue weighted by atomic mass is 16.6. The Balaban J connectivity index is 1.69. The number of carbonyl (C=O) groups is 3. The summed E-state index contributed by atoms with van der Waals surface area (Å²) in [5, 5.41) is 0.611. The summed E-state index contributed by atoms with van der Waals surface area (Å²) in [6, 6.07) is 12.9. The number of piperazine rings is 1. The number of hydrogen-bond donors (Lipinski definition) is 1. The molecule has 2 N–H and O–H groups in total. The molecule has 1 atom stereocenters. The molecule has 10 nitrogen and oxygen atoms in total. The first-order valence-electron chi connectivity index (χ1n) is 13.0. The van der Waals surface area contributed by atoms with Crippen LogP contribution in [0.4, 0.5) is 5.82 Å². The number of nitrogens with two attached hydrogens (primary N) is 1. The van der Waals surface area contributed by atoms with Crippen LogP contribution in [-0.2, 0) is 14.3 Å². The lowest BCUT2D eigenvalue weighted by Gasteiger charge is -2.37. The van der Waals surface area contributed by atoms with E-state index in [-0.39, 0.29) is 35.8 Å². The lowest BCUT2D eigenvalue weighted by atomic mass is 9.91. The minimum atomic E-state index is -0.903. The molecule has 39 heavy (non-hydrogen) atoms. The first-order valence-corrected chi connectivity index (χ1v) is 13.0. The molecule has 1 aliphatic heterocycles. The van der Waals surface area contributed by atoms with E-state index in [9.17, 15) is 14.4 Å². The smallest absolute Gasteiger partial charge is 0.306 e. The van der Waals surface area contributed by atoms with Crippen molar-refractivity contribution in [2.75, 3.05) is 38.2 Å². The standard InChI is InChI=1S/C29H35N5O5/c1-29(2,3)39-23(35)13-12-20(28(37)34-17-15-33(16-18-34)22-11-7-8-14-31-22)25-24(27(30)36)26(38-4)19-9-5-6-10-21(19)32-25/h5-11,14,20H,12-13,15-18H2,1-4H3,(H2,30,36). The topological polar surface area (TPSA) is 128 Å². The van der Waals surface area contributed by atoms with Gasteiger partial charge in [0.25, 0.3) is 5.91 Å². The normalized spacial score (nSPS) is 14.7. The highest BCUT2D eigenvalue weighted by molar-refractivity contribution is 6.04. The fraction of sp³-hybridized carbons (Fsp3) is 0.414. The van der Waals surface area contributed by atoms with E-state index >= 15 is 0 Å². The fourth-order valence-electron chi connectivity index (χ4n) is 4.85. The molecule has 0 radical (unpaired) electrons. The lowest BCUT2D eigenvalue weighted by molar-refractivity contribution is -0.155. The number of methoxy groups -OCH3 is 1. The summed E-state index contributed by atoms with van der Waals surface area (Å²) < 4.78 is 11.1. The Kier molecular flexibility index (Phi) is 8.32. The van der Waals surface area contributed by atoms with Gasteiger partial charge in [-0.1, -0.05) is 18.2 Å². The number of esters is 1. The number of carbonyl (C=O) groups excluding carboxylic acids is 3. The van der Waals surface area contributed by atoms with Crippen molar-refractivity contribution in [1.29, 1.82) is 0 Å². The second-order valence-corrected chi connectivity index (χ2v) is 10.5. The maximum Gasteiger partial charge on any atom is 0.306 e. The quantitative estimate of drug-likeness (QED) is 0.437. The predicted molar refractivity (Wildman–Crippen MR) is 148 cm³/mol. The highest BCUT2D eigenvalue weighted by Crippen LogP contribution is 2.36. The van der Waals surface area contributed by atoms with Crippen LogP contribution in [0.25, 0.3) is 10.9 Å². The highest BCUT2D eigenvalue weighted by Gasteiger charge is 2.35. The molecule has 0 aliphatic carbocycles. The van der Waals surface area contributed by atoms with Crippen molar-refractivity contribution in [3.05, 3.63) is 59.9 Å². The molecule has 1 saturated heterocycles. The summed E-state index contributed by atoms with van der Waals surface area (Å²) in [6.45, 7) is 7.46. The van der Waals surface area contributed by atoms with Gasteiger partial charge in [-0.05, 0) is 51.5 Å². The average molecular weight is 534 g/mol. The third-order valence-corrected chi connectivity index (χ3v) is 6.57. The number of nitrogens with zero attached hydrogens (tertiary/aromatic N) is 4. The molecule has 0 bridgehead atoms. The lowest BCUT2D eigenvalue weighted by Crippen LogP contribution is -2.50. The molecule has 0 spiro atoms. The van der Waals surface area contributed by atoms with Crippen LogP contribution in [-0.4, -0.2) is 71.5 Å². The van der Waals surface area contributed by atoms with Crippen LogP contribution in [0.5, 0.6) is 5.75 Å². The molecule has 4 rings (SSSR count). The summed E-state index contributed by atoms with van der Waals surface area (Å²) in [6.07, 6.45) is 1.81. The first-order chi connectivity index (χ1) is 18.6. The molecule has 3 heterocycles. The van der Waals surface area contributed by atoms with Crippen LogP contribution in [0.1, 0.15) is 55.6 Å². The van der Waals surface area contributed by atoms with Crippen molar-refractivity contribution in [1.82, 2.24) is 14.9 Å². The minimum Gasteiger partial charge on any atom is -0.495 e. The van der Waals surface area contributed by atoms with E-state index in [1.807, 2.05) is 30.3 Å². The minimum absolute atomic E-state index is 0.0311. The zero-order chi connectivity index (χ0) is 28.2. The maximum atomic E-state index is 14.1. The van der Waals surface area contributed by atoms with E-state index in [1.54, 1.807) is 44.0 Å². The van der Waals surface area contributed by atoms with Gasteiger partial charge in [0.05, 0.1) is 24.2 Å². The van der Waals surface area contributed by atoms with Crippen LogP contribution in [0.2, 0.25) is 0 Å². The number of hydrogen-bond acceptors (Lipinski definition) is 8. The summed E-state index contributed by atoms with van der Waals surface area (Å²) in [4.78, 5) is 52.5. The van der Waals surface area contributed by atoms with Gasteiger partial charge >= 0.3 is 5.97 Å². The van der Waals surface area contributed by atoms with Gasteiger partial charge in [0.2, 0.25) is 5.91 Å². The fourth-order valence-corrected chi connectivity index (χ4v) is 4.85. The van der Waals surface area contributed by atoms with E-state index in [2.05, 4.69) is 9.88 Å². The first kappa shape index (κ1) is 27.8. The Hall–Kier alpha value is -4.21. The van der Waals surface area contributed by atoms with Gasteiger partial charge in [0, 0.05) is 44.2 Å². The van der Waals surface area contributed by atoms with E-state index in [1.165, 1.54) is 7.11 Å². The molecular weight excluding hydrogens is 498 g/mol. The van der Waals surface area contributed by atoms with E-state index in [0.717, 1.165) is 5.82 Å². The molecule has 1 aliphatic rings. The number of pyridine rings is 2. The van der Waals surface area contributed by atoms with E-state index in [4.69, 9.17) is 20.2 Å². The van der Waals surface area contributed by atoms with E-state index in [0.29, 0.717) is 37.1 Å². The van der Waals surface area contributed by atoms with Gasteiger partial charge in [-0.2, -0.15) is 0 Å². The molecule has 1 unspecified atom stereocenters. The van der Waals surface area contributed by atoms with Crippen molar-refractivity contribution in [3.63, 3.8) is 0 Å². The van der Waals surface area contributed by atoms with Crippen LogP contribution < -0.4 is 15.4 Å². The van der Waals surface area contributed by atoms with Crippen molar-refractivity contribution >= 4 is 34.5 Å². The number of ether oxygens (including phenoxy) is 2. The number of benzene rings is 1. The van der Waals surface area contributed by atoms with Crippen LogP contribution in [0, 0.1) is 0 Å². The number of aromatic nitrogens is 2. The number of para-hydroxylation sites is 1. The molecule has 2 aromatic heterocycles. The van der Waals surface area contributed by atoms with Crippen LogP contribution in [0.15, 0.2) is 48.7 Å². The van der Waals surface area contributed by atoms with Gasteiger partial charge < -0.3 is 25.0 Å². The summed E-state index contributed by atoms with van der Waals surface area (Å²) in [5.41, 5.74) is 5.98. The summed E-state index contributed by atoms with van der Waals surface area (Å²) >= 11 is 0. The Morgan fingerprint density at radius 3 is 2.33 bits per heavy atom. The Bertz CT molecular complexity index is 1350. The molecule has 10 heteroatoms. The molecule has 1 aromatic carbocycles. The number of anilines is 1. The zero-order valence-electron chi connectivity index (χ0n) is 22.8. The molecule has 2 amide bonds. The van der Waals surface area contributed by atoms with E-state index < -0.39 is 23.4 Å². The van der Waals surface area contributed by atoms with Gasteiger partial charge in [0.15, 0.2) is 0 Å². The molecule has 0 saturated carbocycles. The van der Waals surface area contributed by atoms with Gasteiger partial charge in [0.1, 0.15) is 22.7 Å². The summed E-state index contributed by atoms with van der Waals surface area (Å²) in [5.74, 6) is -1.21. The Morgan fingerprint density at radius 2 is 1.72 bits per heavy atom. The predicted octanol–water partition coefficient (Wildman–Crippen LogP) is 3.29. The van der Waals surface area contributed by atoms with Gasteiger partial charge in [-0.3, -0.25) is 19.4 Å². The molecule has 1 fully saturated rings. The third kappa shape index (κ3) is 6.45. The van der Waals surface area contributed by atoms with Gasteiger partial charge in [-0.15, -0.1) is 0 Å². The Morgan fingerprint density at radius 1 is 1.03 bits per heavy atom. The number of primary amides is 1. The molecular formula is C29H35N5O5. The second-order valence-electron chi connectivity index (χ2n) is 10.5. The van der Waals surface area contributed by atoms with Crippen LogP contribution in [0.3, 0.4) is 0 Å². The van der Waals surface area contributed by atoms with Crippen molar-refractivity contribution in [3.8, 4) is 5.75 Å². The van der Waals surface area contributed by atoms with Crippen LogP contribution >= 0.6 is 0 Å². The van der Waals surface area contributed by atoms with Crippen molar-refractivity contribution in [2.24, 2.45) is 5.73 Å². The summed E-state index contributed by atoms with van der Waals surface area (Å²) in [7, 11) is 1.45. The average Bonchev–Trinajstić information content (AvgIpc) is 2.91. The Labute approximate surface area is 228 Å². The molecule has 3 aromatic rings. The van der Waals surface area contributed by atoms with Crippen molar-refractivity contribution < 1.29 is 23.9 Å². The zero-order valence-corrected chi connectivity index (χ0v) is 22.8. The maximum absolute atomic E-state index is 14.1. The molecule has 206 valence electrons. The number of fused-ring (bicyclic) bond motifs is 1. The van der Waals surface area contributed by atoms with Crippen molar-refractivity contribution in [2.45, 2.75) is 45.1 Å². The number of rotatable bonds is 8. The monoisotopic (exact) mass is 533 g/mol. The number of amides is 2. The van der Waals surface area contributed by atoms with Gasteiger partial charge in [-0.25, -0.2) is 4.98 Å². The third-order valence-electron chi connectivity index (χ3n) is 6.57. The second kappa shape index (κ2) is 11.7.